The number of halogens is 2. The molecular weight excluding hydrogens is 329 g/mol. The molecule has 0 atom stereocenters. The fourth-order valence-corrected chi connectivity index (χ4v) is 2.09. The third kappa shape index (κ3) is 3.44. The van der Waals surface area contributed by atoms with Crippen molar-refractivity contribution < 1.29 is 9.15 Å². The molecule has 120 valence electrons. The molecule has 0 aliphatic heterocycles. The number of rotatable bonds is 3. The van der Waals surface area contributed by atoms with Crippen molar-refractivity contribution in [2.45, 2.75) is 46.1 Å². The van der Waals surface area contributed by atoms with Gasteiger partial charge in [-0.15, -0.1) is 9.78 Å². The van der Waals surface area contributed by atoms with E-state index in [9.17, 15) is 4.79 Å². The summed E-state index contributed by atoms with van der Waals surface area (Å²) in [6.45, 7) is 9.32. The summed E-state index contributed by atoms with van der Waals surface area (Å²) >= 11 is 12.2. The summed E-state index contributed by atoms with van der Waals surface area (Å²) in [6, 6.07) is 1.46. The Morgan fingerprint density at radius 3 is 2.41 bits per heavy atom. The van der Waals surface area contributed by atoms with E-state index in [2.05, 4.69) is 10.1 Å². The number of hydrogen-bond acceptors (Lipinski definition) is 5. The highest BCUT2D eigenvalue weighted by Crippen LogP contribution is 2.30. The number of aromatic nitrogens is 3. The third-order valence-electron chi connectivity index (χ3n) is 2.62. The van der Waals surface area contributed by atoms with Crippen LogP contribution in [0.5, 0.6) is 5.88 Å². The average Bonchev–Trinajstić information content (AvgIpc) is 2.74. The van der Waals surface area contributed by atoms with Gasteiger partial charge in [0.1, 0.15) is 5.02 Å². The molecule has 0 unspecified atom stereocenters. The lowest BCUT2D eigenvalue weighted by atomic mass is 9.97. The fourth-order valence-electron chi connectivity index (χ4n) is 1.61. The summed E-state index contributed by atoms with van der Waals surface area (Å²) in [5.41, 5.74) is -0.416. The fraction of sp³-hybridized carbons (Fsp3) is 0.500. The van der Waals surface area contributed by atoms with Crippen LogP contribution in [-0.4, -0.2) is 20.9 Å². The van der Waals surface area contributed by atoms with E-state index in [1.807, 2.05) is 34.6 Å². The van der Waals surface area contributed by atoms with Gasteiger partial charge in [0.05, 0.1) is 11.1 Å². The second-order valence-electron chi connectivity index (χ2n) is 6.08. The van der Waals surface area contributed by atoms with Gasteiger partial charge in [-0.3, -0.25) is 0 Å². The summed E-state index contributed by atoms with van der Waals surface area (Å²) in [5.74, 6) is -0.0805. The van der Waals surface area contributed by atoms with Crippen LogP contribution in [0.15, 0.2) is 15.3 Å². The molecular formula is C14H17Cl2N3O3. The van der Waals surface area contributed by atoms with E-state index >= 15 is 0 Å². The summed E-state index contributed by atoms with van der Waals surface area (Å²) < 4.78 is 11.7. The second-order valence-corrected chi connectivity index (χ2v) is 6.90. The summed E-state index contributed by atoms with van der Waals surface area (Å²) in [5, 5.41) is 4.59. The van der Waals surface area contributed by atoms with Crippen LogP contribution in [0.25, 0.3) is 5.82 Å². The number of pyridine rings is 1. The maximum atomic E-state index is 12.0. The summed E-state index contributed by atoms with van der Waals surface area (Å²) in [7, 11) is 0. The van der Waals surface area contributed by atoms with Gasteiger partial charge in [0.15, 0.2) is 5.82 Å². The van der Waals surface area contributed by atoms with Crippen molar-refractivity contribution in [1.29, 1.82) is 0 Å². The normalized spacial score (nSPS) is 12.0. The van der Waals surface area contributed by atoms with Crippen LogP contribution in [0.3, 0.4) is 0 Å². The van der Waals surface area contributed by atoms with Crippen molar-refractivity contribution in [3.8, 4) is 11.7 Å². The molecule has 0 amide bonds. The van der Waals surface area contributed by atoms with Gasteiger partial charge >= 0.3 is 5.76 Å². The van der Waals surface area contributed by atoms with E-state index in [4.69, 9.17) is 32.4 Å². The lowest BCUT2D eigenvalue weighted by Crippen LogP contribution is -2.17. The molecule has 8 heteroatoms. The predicted molar refractivity (Wildman–Crippen MR) is 84.4 cm³/mol. The molecule has 2 rings (SSSR count). The molecule has 0 radical (unpaired) electrons. The minimum atomic E-state index is -0.669. The maximum Gasteiger partial charge on any atom is 0.443 e. The van der Waals surface area contributed by atoms with Gasteiger partial charge in [-0.2, -0.15) is 4.98 Å². The minimum Gasteiger partial charge on any atom is -0.474 e. The third-order valence-corrected chi connectivity index (χ3v) is 3.17. The highest BCUT2D eigenvalue weighted by Gasteiger charge is 2.25. The Morgan fingerprint density at radius 1 is 1.27 bits per heavy atom. The highest BCUT2D eigenvalue weighted by molar-refractivity contribution is 6.36. The van der Waals surface area contributed by atoms with E-state index in [1.165, 1.54) is 6.07 Å². The van der Waals surface area contributed by atoms with Crippen LogP contribution in [0.4, 0.5) is 0 Å². The topological polar surface area (TPSA) is 70.2 Å². The maximum absolute atomic E-state index is 12.0. The van der Waals surface area contributed by atoms with Gasteiger partial charge in [0, 0.05) is 5.41 Å². The number of nitrogens with zero attached hydrogens (tertiary/aromatic N) is 3. The molecule has 2 heterocycles. The Labute approximate surface area is 138 Å². The van der Waals surface area contributed by atoms with Crippen molar-refractivity contribution in [1.82, 2.24) is 14.8 Å². The Morgan fingerprint density at radius 2 is 1.91 bits per heavy atom. The van der Waals surface area contributed by atoms with E-state index in [-0.39, 0.29) is 33.7 Å². The Balaban J connectivity index is 2.58. The second kappa shape index (κ2) is 5.93. The largest absolute Gasteiger partial charge is 0.474 e. The quantitative estimate of drug-likeness (QED) is 0.849. The Bertz CT molecular complexity index is 745. The van der Waals surface area contributed by atoms with Gasteiger partial charge in [0.25, 0.3) is 0 Å². The first kappa shape index (κ1) is 16.8. The van der Waals surface area contributed by atoms with Crippen molar-refractivity contribution in [3.63, 3.8) is 0 Å². The molecule has 22 heavy (non-hydrogen) atoms. The highest BCUT2D eigenvalue weighted by atomic mass is 35.5. The van der Waals surface area contributed by atoms with Crippen LogP contribution >= 0.6 is 23.2 Å². The molecule has 6 nitrogen and oxygen atoms in total. The lowest BCUT2D eigenvalue weighted by molar-refractivity contribution is 0.232. The number of hydrogen-bond donors (Lipinski definition) is 0. The molecule has 2 aromatic heterocycles. The molecule has 0 saturated carbocycles. The number of ether oxygens (including phenoxy) is 1. The van der Waals surface area contributed by atoms with Crippen molar-refractivity contribution in [2.75, 3.05) is 0 Å². The van der Waals surface area contributed by atoms with Crippen LogP contribution < -0.4 is 10.5 Å². The Kier molecular flexibility index (Phi) is 4.54. The summed E-state index contributed by atoms with van der Waals surface area (Å²) in [6.07, 6.45) is -0.127. The van der Waals surface area contributed by atoms with Crippen LogP contribution in [0, 0.1) is 0 Å². The van der Waals surface area contributed by atoms with E-state index in [0.29, 0.717) is 0 Å². The first-order valence-corrected chi connectivity index (χ1v) is 7.49. The Hall–Kier alpha value is -1.53. The van der Waals surface area contributed by atoms with E-state index in [0.717, 1.165) is 4.68 Å². The predicted octanol–water partition coefficient (Wildman–Crippen LogP) is 3.61. The SMILES string of the molecule is CC(C)Oc1nc(-n2nc(C(C)(C)C)oc2=O)c(Cl)cc1Cl. The summed E-state index contributed by atoms with van der Waals surface area (Å²) in [4.78, 5) is 16.2. The average molecular weight is 346 g/mol. The molecule has 0 N–H and O–H groups in total. The first-order chi connectivity index (χ1) is 10.1. The molecule has 2 aromatic rings. The molecule has 0 bridgehead atoms. The monoisotopic (exact) mass is 345 g/mol. The van der Waals surface area contributed by atoms with Gasteiger partial charge in [-0.05, 0) is 19.9 Å². The zero-order valence-electron chi connectivity index (χ0n) is 13.0. The molecule has 0 fully saturated rings. The molecule has 0 spiro atoms. The van der Waals surface area contributed by atoms with E-state index in [1.54, 1.807) is 0 Å². The minimum absolute atomic E-state index is 0.117. The standard InChI is InChI=1S/C14H17Cl2N3O3/c1-7(2)21-11-9(16)6-8(15)10(17-11)19-13(20)22-12(18-19)14(3,4)5/h6-7H,1-5H3. The van der Waals surface area contributed by atoms with E-state index < -0.39 is 11.2 Å². The zero-order chi connectivity index (χ0) is 16.7. The van der Waals surface area contributed by atoms with Crippen molar-refractivity contribution in [3.05, 3.63) is 32.6 Å². The van der Waals surface area contributed by atoms with Gasteiger partial charge in [0.2, 0.25) is 11.8 Å². The molecule has 0 aliphatic rings. The smallest absolute Gasteiger partial charge is 0.443 e. The van der Waals surface area contributed by atoms with Crippen LogP contribution in [-0.2, 0) is 5.41 Å². The molecule has 0 saturated heterocycles. The van der Waals surface area contributed by atoms with Crippen molar-refractivity contribution >= 4 is 23.2 Å². The molecule has 0 aliphatic carbocycles. The lowest BCUT2D eigenvalue weighted by Gasteiger charge is -2.12. The van der Waals surface area contributed by atoms with Crippen molar-refractivity contribution in [2.24, 2.45) is 0 Å². The van der Waals surface area contributed by atoms with Crippen LogP contribution in [0.1, 0.15) is 40.5 Å². The van der Waals surface area contributed by atoms with Gasteiger partial charge in [-0.25, -0.2) is 4.79 Å². The zero-order valence-corrected chi connectivity index (χ0v) is 14.5. The van der Waals surface area contributed by atoms with Gasteiger partial charge < -0.3 is 9.15 Å². The molecule has 0 aromatic carbocycles. The van der Waals surface area contributed by atoms with Crippen LogP contribution in [0.2, 0.25) is 10.0 Å². The first-order valence-electron chi connectivity index (χ1n) is 6.73. The van der Waals surface area contributed by atoms with Gasteiger partial charge in [-0.1, -0.05) is 44.0 Å².